The number of nitrogens with one attached hydrogen (secondary N) is 2. The first kappa shape index (κ1) is 20.4. The standard InChI is InChI=1S/C28H28N2O2/c1-18(2)32-26-15-9-6-12-21(26)28-27-24(29-22-13-7-8-14-23(22)30-28)16-20(17-25(27)31)19-10-4-3-5-11-19/h3-15,18,20,28-30H,16-17H2,1-2H3. The zero-order valence-corrected chi connectivity index (χ0v) is 18.5. The summed E-state index contributed by atoms with van der Waals surface area (Å²) in [6.07, 6.45) is 1.35. The fourth-order valence-corrected chi connectivity index (χ4v) is 4.77. The molecule has 1 aliphatic carbocycles. The molecule has 0 amide bonds. The number of hydrogen-bond donors (Lipinski definition) is 2. The number of rotatable bonds is 4. The van der Waals surface area contributed by atoms with Crippen molar-refractivity contribution >= 4 is 17.2 Å². The first-order chi connectivity index (χ1) is 15.6. The Bertz CT molecular complexity index is 1170. The molecule has 1 heterocycles. The number of carbonyl (C=O) groups excluding carboxylic acids is 1. The zero-order chi connectivity index (χ0) is 22.1. The Balaban J connectivity index is 1.63. The predicted molar refractivity (Wildman–Crippen MR) is 129 cm³/mol. The molecule has 3 aromatic rings. The van der Waals surface area contributed by atoms with Crippen molar-refractivity contribution in [1.82, 2.24) is 0 Å². The van der Waals surface area contributed by atoms with Crippen LogP contribution in [0, 0.1) is 0 Å². The Kier molecular flexibility index (Phi) is 5.44. The molecule has 5 rings (SSSR count). The lowest BCUT2D eigenvalue weighted by Crippen LogP contribution is -2.27. The van der Waals surface area contributed by atoms with Crippen molar-refractivity contribution in [2.75, 3.05) is 10.6 Å². The molecule has 0 radical (unpaired) electrons. The van der Waals surface area contributed by atoms with Crippen LogP contribution >= 0.6 is 0 Å². The van der Waals surface area contributed by atoms with E-state index in [1.165, 1.54) is 5.56 Å². The van der Waals surface area contributed by atoms with Crippen LogP contribution in [0.4, 0.5) is 11.4 Å². The van der Waals surface area contributed by atoms with Gasteiger partial charge in [-0.2, -0.15) is 0 Å². The van der Waals surface area contributed by atoms with Gasteiger partial charge in [-0.3, -0.25) is 4.79 Å². The summed E-state index contributed by atoms with van der Waals surface area (Å²) >= 11 is 0. The first-order valence-electron chi connectivity index (χ1n) is 11.3. The van der Waals surface area contributed by atoms with Crippen LogP contribution in [0.1, 0.15) is 49.8 Å². The quantitative estimate of drug-likeness (QED) is 0.505. The van der Waals surface area contributed by atoms with Gasteiger partial charge in [0.15, 0.2) is 5.78 Å². The summed E-state index contributed by atoms with van der Waals surface area (Å²) in [4.78, 5) is 13.7. The lowest BCUT2D eigenvalue weighted by atomic mass is 9.78. The molecule has 3 aromatic carbocycles. The second-order valence-electron chi connectivity index (χ2n) is 8.78. The number of para-hydroxylation sites is 3. The summed E-state index contributed by atoms with van der Waals surface area (Å²) in [6, 6.07) is 26.3. The zero-order valence-electron chi connectivity index (χ0n) is 18.5. The fraction of sp³-hybridized carbons (Fsp3) is 0.250. The third-order valence-electron chi connectivity index (χ3n) is 6.17. The molecule has 2 unspecified atom stereocenters. The number of ether oxygens (including phenoxy) is 1. The van der Waals surface area contributed by atoms with Crippen LogP contribution in [0.15, 0.2) is 90.1 Å². The van der Waals surface area contributed by atoms with Crippen molar-refractivity contribution in [2.45, 2.75) is 44.8 Å². The Morgan fingerprint density at radius 3 is 2.31 bits per heavy atom. The highest BCUT2D eigenvalue weighted by Gasteiger charge is 2.37. The van der Waals surface area contributed by atoms with E-state index in [1.807, 2.05) is 62.4 Å². The molecule has 4 heteroatoms. The van der Waals surface area contributed by atoms with E-state index in [0.29, 0.717) is 6.42 Å². The van der Waals surface area contributed by atoms with Gasteiger partial charge in [0, 0.05) is 23.3 Å². The van der Waals surface area contributed by atoms with E-state index in [1.54, 1.807) is 0 Å². The Labute approximate surface area is 189 Å². The van der Waals surface area contributed by atoms with Crippen LogP contribution in [0.2, 0.25) is 0 Å². The first-order valence-corrected chi connectivity index (χ1v) is 11.3. The van der Waals surface area contributed by atoms with E-state index in [2.05, 4.69) is 41.0 Å². The van der Waals surface area contributed by atoms with E-state index >= 15 is 0 Å². The predicted octanol–water partition coefficient (Wildman–Crippen LogP) is 6.45. The number of benzene rings is 3. The third kappa shape index (κ3) is 3.89. The minimum atomic E-state index is -0.277. The number of Topliss-reactive ketones (excluding diaryl/α,β-unsaturated/α-hetero) is 1. The second kappa shape index (κ2) is 8.54. The van der Waals surface area contributed by atoms with Gasteiger partial charge in [-0.1, -0.05) is 60.7 Å². The van der Waals surface area contributed by atoms with Crippen LogP contribution in [-0.2, 0) is 4.79 Å². The third-order valence-corrected chi connectivity index (χ3v) is 6.17. The van der Waals surface area contributed by atoms with E-state index in [9.17, 15) is 4.79 Å². The number of carbonyl (C=O) groups is 1. The number of anilines is 2. The molecular formula is C28H28N2O2. The summed E-state index contributed by atoms with van der Waals surface area (Å²) in [5.74, 6) is 1.16. The minimum Gasteiger partial charge on any atom is -0.491 e. The molecule has 4 nitrogen and oxygen atoms in total. The van der Waals surface area contributed by atoms with Gasteiger partial charge in [0.2, 0.25) is 0 Å². The molecule has 0 spiro atoms. The van der Waals surface area contributed by atoms with Crippen LogP contribution in [0.5, 0.6) is 5.75 Å². The van der Waals surface area contributed by atoms with Gasteiger partial charge in [-0.15, -0.1) is 0 Å². The van der Waals surface area contributed by atoms with Gasteiger partial charge in [0.05, 0.1) is 23.5 Å². The average Bonchev–Trinajstić information content (AvgIpc) is 2.96. The van der Waals surface area contributed by atoms with Crippen molar-refractivity contribution in [1.29, 1.82) is 0 Å². The molecule has 2 aliphatic rings. The molecule has 0 bridgehead atoms. The van der Waals surface area contributed by atoms with Crippen LogP contribution < -0.4 is 15.4 Å². The summed E-state index contributed by atoms with van der Waals surface area (Å²) in [5, 5.41) is 7.26. The smallest absolute Gasteiger partial charge is 0.163 e. The molecule has 0 aromatic heterocycles. The van der Waals surface area contributed by atoms with Crippen molar-refractivity contribution in [3.8, 4) is 5.75 Å². The largest absolute Gasteiger partial charge is 0.491 e. The van der Waals surface area contributed by atoms with Gasteiger partial charge >= 0.3 is 0 Å². The Morgan fingerprint density at radius 1 is 0.844 bits per heavy atom. The summed E-state index contributed by atoms with van der Waals surface area (Å²) in [6.45, 7) is 4.05. The molecule has 2 N–H and O–H groups in total. The highest BCUT2D eigenvalue weighted by molar-refractivity contribution is 6.01. The lowest BCUT2D eigenvalue weighted by Gasteiger charge is -2.30. The minimum absolute atomic E-state index is 0.0466. The molecule has 1 aliphatic heterocycles. The summed E-state index contributed by atoms with van der Waals surface area (Å²) < 4.78 is 6.14. The maximum atomic E-state index is 13.7. The molecule has 162 valence electrons. The molecule has 0 fully saturated rings. The van der Waals surface area contributed by atoms with E-state index in [-0.39, 0.29) is 23.8 Å². The van der Waals surface area contributed by atoms with Crippen molar-refractivity contribution < 1.29 is 9.53 Å². The van der Waals surface area contributed by atoms with E-state index in [0.717, 1.165) is 40.4 Å². The normalized spacial score (nSPS) is 20.0. The summed E-state index contributed by atoms with van der Waals surface area (Å²) in [5.41, 5.74) is 5.98. The van der Waals surface area contributed by atoms with Crippen molar-refractivity contribution in [2.24, 2.45) is 0 Å². The number of allylic oxidation sites excluding steroid dienone is 1. The van der Waals surface area contributed by atoms with Gasteiger partial charge < -0.3 is 15.4 Å². The molecule has 0 saturated heterocycles. The summed E-state index contributed by atoms with van der Waals surface area (Å²) in [7, 11) is 0. The monoisotopic (exact) mass is 424 g/mol. The van der Waals surface area contributed by atoms with Crippen LogP contribution in [0.25, 0.3) is 0 Å². The number of fused-ring (bicyclic) bond motifs is 1. The van der Waals surface area contributed by atoms with Gasteiger partial charge in [0.1, 0.15) is 5.75 Å². The van der Waals surface area contributed by atoms with Gasteiger partial charge in [0.25, 0.3) is 0 Å². The number of hydrogen-bond acceptors (Lipinski definition) is 4. The molecular weight excluding hydrogens is 396 g/mol. The second-order valence-corrected chi connectivity index (χ2v) is 8.78. The van der Waals surface area contributed by atoms with Gasteiger partial charge in [-0.25, -0.2) is 0 Å². The number of ketones is 1. The Hall–Kier alpha value is -3.53. The molecule has 0 saturated carbocycles. The fourth-order valence-electron chi connectivity index (χ4n) is 4.77. The maximum absolute atomic E-state index is 13.7. The van der Waals surface area contributed by atoms with Crippen LogP contribution in [0.3, 0.4) is 0 Å². The van der Waals surface area contributed by atoms with Gasteiger partial charge in [-0.05, 0) is 49.9 Å². The maximum Gasteiger partial charge on any atom is 0.163 e. The van der Waals surface area contributed by atoms with E-state index < -0.39 is 0 Å². The highest BCUT2D eigenvalue weighted by Crippen LogP contribution is 2.45. The molecule has 32 heavy (non-hydrogen) atoms. The SMILES string of the molecule is CC(C)Oc1ccccc1C1Nc2ccccc2NC2=C1C(=O)CC(c1ccccc1)C2. The van der Waals surface area contributed by atoms with Crippen molar-refractivity contribution in [3.63, 3.8) is 0 Å². The Morgan fingerprint density at radius 2 is 1.53 bits per heavy atom. The van der Waals surface area contributed by atoms with E-state index in [4.69, 9.17) is 4.74 Å². The highest BCUT2D eigenvalue weighted by atomic mass is 16.5. The molecule has 2 atom stereocenters. The van der Waals surface area contributed by atoms with Crippen molar-refractivity contribution in [3.05, 3.63) is 101 Å². The lowest BCUT2D eigenvalue weighted by molar-refractivity contribution is -0.116. The topological polar surface area (TPSA) is 50.4 Å². The average molecular weight is 425 g/mol. The van der Waals surface area contributed by atoms with Crippen LogP contribution in [-0.4, -0.2) is 11.9 Å².